The van der Waals surface area contributed by atoms with Crippen molar-refractivity contribution < 1.29 is 9.47 Å². The Balaban J connectivity index is 3.30. The lowest BCUT2D eigenvalue weighted by atomic mass is 10.0. The molecule has 0 fully saturated rings. The lowest BCUT2D eigenvalue weighted by Gasteiger charge is -2.16. The van der Waals surface area contributed by atoms with Crippen LogP contribution in [0.5, 0.6) is 11.5 Å². The van der Waals surface area contributed by atoms with Crippen LogP contribution in [0.4, 0.5) is 0 Å². The van der Waals surface area contributed by atoms with Crippen LogP contribution in [0, 0.1) is 13.8 Å². The highest BCUT2D eigenvalue weighted by atomic mass is 32.1. The Bertz CT molecular complexity index is 348. The summed E-state index contributed by atoms with van der Waals surface area (Å²) in [5, 5.41) is 0. The molecule has 3 heteroatoms. The van der Waals surface area contributed by atoms with E-state index in [0.29, 0.717) is 0 Å². The van der Waals surface area contributed by atoms with E-state index in [1.54, 1.807) is 14.2 Å². The molecule has 1 rings (SSSR count). The van der Waals surface area contributed by atoms with Gasteiger partial charge in [0, 0.05) is 0 Å². The molecule has 0 heterocycles. The quantitative estimate of drug-likeness (QED) is 0.796. The van der Waals surface area contributed by atoms with Crippen molar-refractivity contribution in [1.82, 2.24) is 0 Å². The second kappa shape index (κ2) is 5.31. The van der Waals surface area contributed by atoms with E-state index in [9.17, 15) is 0 Å². The zero-order chi connectivity index (χ0) is 11.4. The summed E-state index contributed by atoms with van der Waals surface area (Å²) in [4.78, 5) is 0. The van der Waals surface area contributed by atoms with Crippen molar-refractivity contribution in [2.24, 2.45) is 0 Å². The van der Waals surface area contributed by atoms with Gasteiger partial charge in [-0.15, -0.1) is 0 Å². The van der Waals surface area contributed by atoms with Gasteiger partial charge in [-0.1, -0.05) is 0 Å². The van der Waals surface area contributed by atoms with Gasteiger partial charge in [-0.3, -0.25) is 0 Å². The molecule has 15 heavy (non-hydrogen) atoms. The number of benzene rings is 1. The molecule has 84 valence electrons. The fraction of sp³-hybridized carbons (Fsp3) is 0.500. The number of ether oxygens (including phenoxy) is 2. The Kier molecular flexibility index (Phi) is 4.33. The molecular formula is C12H18O2S. The van der Waals surface area contributed by atoms with E-state index in [2.05, 4.69) is 19.6 Å². The first kappa shape index (κ1) is 12.2. The third-order valence-electron chi connectivity index (χ3n) is 2.67. The van der Waals surface area contributed by atoms with Crippen LogP contribution in [0.1, 0.15) is 16.7 Å². The zero-order valence-electron chi connectivity index (χ0n) is 9.76. The average molecular weight is 226 g/mol. The van der Waals surface area contributed by atoms with Crippen molar-refractivity contribution in [3.05, 3.63) is 22.8 Å². The summed E-state index contributed by atoms with van der Waals surface area (Å²) >= 11 is 4.25. The lowest BCUT2D eigenvalue weighted by Crippen LogP contribution is -2.00. The maximum Gasteiger partial charge on any atom is 0.125 e. The number of thiol groups is 1. The number of methoxy groups -OCH3 is 2. The summed E-state index contributed by atoms with van der Waals surface area (Å²) in [6.07, 6.45) is 0.893. The minimum absolute atomic E-state index is 0.808. The Morgan fingerprint density at radius 1 is 1.13 bits per heavy atom. The smallest absolute Gasteiger partial charge is 0.125 e. The molecule has 0 unspecified atom stereocenters. The molecule has 0 spiro atoms. The summed E-state index contributed by atoms with van der Waals surface area (Å²) in [5.41, 5.74) is 3.44. The van der Waals surface area contributed by atoms with Crippen LogP contribution >= 0.6 is 12.6 Å². The third-order valence-corrected chi connectivity index (χ3v) is 2.90. The van der Waals surface area contributed by atoms with Gasteiger partial charge in [0.05, 0.1) is 14.2 Å². The number of aryl methyl sites for hydroxylation is 1. The van der Waals surface area contributed by atoms with Crippen LogP contribution in [0.15, 0.2) is 6.07 Å². The van der Waals surface area contributed by atoms with Gasteiger partial charge in [0.25, 0.3) is 0 Å². The van der Waals surface area contributed by atoms with Crippen LogP contribution in [0.3, 0.4) is 0 Å². The monoisotopic (exact) mass is 226 g/mol. The van der Waals surface area contributed by atoms with Gasteiger partial charge >= 0.3 is 0 Å². The van der Waals surface area contributed by atoms with E-state index in [1.807, 2.05) is 13.0 Å². The largest absolute Gasteiger partial charge is 0.496 e. The van der Waals surface area contributed by atoms with Crippen LogP contribution in [0.2, 0.25) is 0 Å². The van der Waals surface area contributed by atoms with E-state index >= 15 is 0 Å². The van der Waals surface area contributed by atoms with Crippen molar-refractivity contribution in [2.45, 2.75) is 20.3 Å². The van der Waals surface area contributed by atoms with Crippen LogP contribution in [0.25, 0.3) is 0 Å². The number of hydrogen-bond donors (Lipinski definition) is 1. The van der Waals surface area contributed by atoms with Gasteiger partial charge < -0.3 is 9.47 Å². The van der Waals surface area contributed by atoms with E-state index < -0.39 is 0 Å². The summed E-state index contributed by atoms with van der Waals surface area (Å²) in [5.74, 6) is 2.69. The molecule has 0 aliphatic carbocycles. The Labute approximate surface area is 97.0 Å². The third kappa shape index (κ3) is 2.40. The SMILES string of the molecule is COc1cc(CCS)c(OC)c(C)c1C. The second-order valence-electron chi connectivity index (χ2n) is 3.49. The van der Waals surface area contributed by atoms with E-state index in [-0.39, 0.29) is 0 Å². The highest BCUT2D eigenvalue weighted by Crippen LogP contribution is 2.33. The molecule has 0 aliphatic heterocycles. The molecule has 0 N–H and O–H groups in total. The molecule has 0 bridgehead atoms. The normalized spacial score (nSPS) is 10.2. The topological polar surface area (TPSA) is 18.5 Å². The first-order chi connectivity index (χ1) is 7.15. The number of hydrogen-bond acceptors (Lipinski definition) is 3. The van der Waals surface area contributed by atoms with E-state index in [4.69, 9.17) is 9.47 Å². The van der Waals surface area contributed by atoms with Crippen LogP contribution in [-0.4, -0.2) is 20.0 Å². The summed E-state index contributed by atoms with van der Waals surface area (Å²) in [6.45, 7) is 4.10. The zero-order valence-corrected chi connectivity index (χ0v) is 10.6. The minimum Gasteiger partial charge on any atom is -0.496 e. The van der Waals surface area contributed by atoms with Gasteiger partial charge in [-0.25, -0.2) is 0 Å². The van der Waals surface area contributed by atoms with Crippen molar-refractivity contribution in [3.8, 4) is 11.5 Å². The van der Waals surface area contributed by atoms with Gasteiger partial charge in [0.1, 0.15) is 11.5 Å². The van der Waals surface area contributed by atoms with Crippen molar-refractivity contribution in [2.75, 3.05) is 20.0 Å². The number of rotatable bonds is 4. The van der Waals surface area contributed by atoms with Crippen molar-refractivity contribution >= 4 is 12.6 Å². The summed E-state index contributed by atoms with van der Waals surface area (Å²) < 4.78 is 10.8. The fourth-order valence-corrected chi connectivity index (χ4v) is 1.97. The van der Waals surface area contributed by atoms with Crippen molar-refractivity contribution in [1.29, 1.82) is 0 Å². The molecule has 0 saturated carbocycles. The first-order valence-corrected chi connectivity index (χ1v) is 5.60. The van der Waals surface area contributed by atoms with E-state index in [1.165, 1.54) is 0 Å². The highest BCUT2D eigenvalue weighted by molar-refractivity contribution is 7.80. The maximum absolute atomic E-state index is 5.42. The molecule has 2 nitrogen and oxygen atoms in total. The van der Waals surface area contributed by atoms with Gasteiger partial charge in [0.2, 0.25) is 0 Å². The van der Waals surface area contributed by atoms with Crippen LogP contribution < -0.4 is 9.47 Å². The van der Waals surface area contributed by atoms with E-state index in [0.717, 1.165) is 40.4 Å². The molecular weight excluding hydrogens is 208 g/mol. The second-order valence-corrected chi connectivity index (χ2v) is 3.94. The Hall–Kier alpha value is -0.830. The maximum atomic E-state index is 5.42. The van der Waals surface area contributed by atoms with Gasteiger partial charge in [0.15, 0.2) is 0 Å². The standard InChI is InChI=1S/C12H18O2S/c1-8-9(2)12(14-4)10(5-6-15)7-11(8)13-3/h7,15H,5-6H2,1-4H3. The van der Waals surface area contributed by atoms with Gasteiger partial charge in [-0.2, -0.15) is 12.6 Å². The Morgan fingerprint density at radius 3 is 2.27 bits per heavy atom. The molecule has 0 amide bonds. The average Bonchev–Trinajstić information content (AvgIpc) is 2.24. The van der Waals surface area contributed by atoms with Crippen LogP contribution in [-0.2, 0) is 6.42 Å². The predicted molar refractivity (Wildman–Crippen MR) is 66.6 cm³/mol. The van der Waals surface area contributed by atoms with Crippen molar-refractivity contribution in [3.63, 3.8) is 0 Å². The van der Waals surface area contributed by atoms with Gasteiger partial charge in [-0.05, 0) is 48.8 Å². The minimum atomic E-state index is 0.808. The molecule has 0 aromatic heterocycles. The molecule has 1 aromatic carbocycles. The molecule has 0 saturated heterocycles. The first-order valence-electron chi connectivity index (χ1n) is 4.97. The molecule has 1 aromatic rings. The lowest BCUT2D eigenvalue weighted by molar-refractivity contribution is 0.394. The Morgan fingerprint density at radius 2 is 1.80 bits per heavy atom. The molecule has 0 radical (unpaired) electrons. The fourth-order valence-electron chi connectivity index (χ4n) is 1.73. The summed E-state index contributed by atoms with van der Waals surface area (Å²) in [7, 11) is 3.40. The molecule has 0 atom stereocenters. The molecule has 0 aliphatic rings. The predicted octanol–water partition coefficient (Wildman–Crippen LogP) is 2.79. The highest BCUT2D eigenvalue weighted by Gasteiger charge is 2.12. The summed E-state index contributed by atoms with van der Waals surface area (Å²) in [6, 6.07) is 2.04.